The van der Waals surface area contributed by atoms with Crippen molar-refractivity contribution in [2.45, 2.75) is 31.7 Å². The summed E-state index contributed by atoms with van der Waals surface area (Å²) in [5.74, 6) is -0.326. The summed E-state index contributed by atoms with van der Waals surface area (Å²) in [6.45, 7) is 5.33. The number of carbonyl (C=O) groups is 2. The second-order valence-electron chi connectivity index (χ2n) is 5.77. The quantitative estimate of drug-likeness (QED) is 0.844. The van der Waals surface area contributed by atoms with Crippen LogP contribution >= 0.6 is 12.4 Å². The molecule has 0 radical (unpaired) electrons. The summed E-state index contributed by atoms with van der Waals surface area (Å²) in [5, 5.41) is 3.01. The molecule has 1 N–H and O–H groups in total. The zero-order valence-electron chi connectivity index (χ0n) is 13.5. The lowest BCUT2D eigenvalue weighted by Gasteiger charge is -2.18. The van der Waals surface area contributed by atoms with E-state index in [1.54, 1.807) is 11.0 Å². The molecular formula is C17H21ClN2O4. The number of esters is 1. The van der Waals surface area contributed by atoms with Crippen LogP contribution in [0.1, 0.15) is 23.1 Å². The molecular weight excluding hydrogens is 332 g/mol. The van der Waals surface area contributed by atoms with Gasteiger partial charge in [0, 0.05) is 19.5 Å². The van der Waals surface area contributed by atoms with Crippen LogP contribution in [0.4, 0.5) is 4.79 Å². The van der Waals surface area contributed by atoms with Crippen molar-refractivity contribution >= 4 is 30.5 Å². The fourth-order valence-electron chi connectivity index (χ4n) is 3.10. The highest BCUT2D eigenvalue weighted by atomic mass is 35.5. The summed E-state index contributed by atoms with van der Waals surface area (Å²) in [7, 11) is 1.35. The van der Waals surface area contributed by atoms with Gasteiger partial charge < -0.3 is 14.8 Å². The molecule has 6 nitrogen and oxygen atoms in total. The number of fused-ring (bicyclic) bond motifs is 1. The first-order valence-electron chi connectivity index (χ1n) is 7.62. The molecule has 1 saturated heterocycles. The molecule has 130 valence electrons. The Kier molecular flexibility index (Phi) is 5.85. The first kappa shape index (κ1) is 18.3. The molecule has 1 fully saturated rings. The highest BCUT2D eigenvalue weighted by molar-refractivity contribution is 5.85. The Balaban J connectivity index is 0.00000208. The maximum atomic E-state index is 12.3. The molecule has 0 unspecified atom stereocenters. The third kappa shape index (κ3) is 3.55. The number of hydrogen-bond acceptors (Lipinski definition) is 5. The van der Waals surface area contributed by atoms with Gasteiger partial charge in [0.2, 0.25) is 0 Å². The maximum Gasteiger partial charge on any atom is 0.410 e. The van der Waals surface area contributed by atoms with E-state index < -0.39 is 6.04 Å². The van der Waals surface area contributed by atoms with E-state index in [1.165, 1.54) is 7.11 Å². The summed E-state index contributed by atoms with van der Waals surface area (Å²) in [6, 6.07) is 5.57. The van der Waals surface area contributed by atoms with Crippen molar-refractivity contribution in [3.63, 3.8) is 0 Å². The molecule has 2 heterocycles. The van der Waals surface area contributed by atoms with Crippen molar-refractivity contribution in [3.05, 3.63) is 41.5 Å². The van der Waals surface area contributed by atoms with E-state index in [0.29, 0.717) is 26.1 Å². The van der Waals surface area contributed by atoms with Crippen LogP contribution < -0.4 is 5.32 Å². The van der Waals surface area contributed by atoms with Gasteiger partial charge in [-0.2, -0.15) is 0 Å². The second-order valence-corrected chi connectivity index (χ2v) is 5.77. The Labute approximate surface area is 147 Å². The number of hydrogen-bond donors (Lipinski definition) is 1. The minimum absolute atomic E-state index is 0. The van der Waals surface area contributed by atoms with Crippen molar-refractivity contribution in [2.24, 2.45) is 0 Å². The van der Waals surface area contributed by atoms with E-state index in [4.69, 9.17) is 9.47 Å². The molecule has 1 aromatic rings. The molecule has 0 aliphatic carbocycles. The predicted molar refractivity (Wildman–Crippen MR) is 91.7 cm³/mol. The van der Waals surface area contributed by atoms with Gasteiger partial charge in [0.05, 0.1) is 13.7 Å². The number of methoxy groups -OCH3 is 1. The summed E-state index contributed by atoms with van der Waals surface area (Å²) in [4.78, 5) is 25.5. The zero-order chi connectivity index (χ0) is 16.4. The largest absolute Gasteiger partial charge is 0.468 e. The molecule has 0 spiro atoms. The number of amides is 1. The van der Waals surface area contributed by atoms with Crippen LogP contribution in [-0.4, -0.2) is 42.8 Å². The van der Waals surface area contributed by atoms with E-state index >= 15 is 0 Å². The molecule has 0 aromatic heterocycles. The zero-order valence-corrected chi connectivity index (χ0v) is 14.3. The monoisotopic (exact) mass is 352 g/mol. The van der Waals surface area contributed by atoms with E-state index in [0.717, 1.165) is 16.7 Å². The summed E-state index contributed by atoms with van der Waals surface area (Å²) in [5.41, 5.74) is 3.29. The summed E-state index contributed by atoms with van der Waals surface area (Å²) in [6.07, 6.45) is 1.58. The average Bonchev–Trinajstić information content (AvgIpc) is 3.20. The number of rotatable bonds is 3. The molecule has 3 rings (SSSR count). The smallest absolute Gasteiger partial charge is 0.410 e. The molecule has 2 atom stereocenters. The summed E-state index contributed by atoms with van der Waals surface area (Å²) >= 11 is 0. The van der Waals surface area contributed by atoms with Gasteiger partial charge in [-0.25, -0.2) is 4.79 Å². The van der Waals surface area contributed by atoms with Crippen molar-refractivity contribution in [1.82, 2.24) is 10.2 Å². The van der Waals surface area contributed by atoms with Crippen molar-refractivity contribution in [2.75, 3.05) is 13.7 Å². The summed E-state index contributed by atoms with van der Waals surface area (Å²) < 4.78 is 10.2. The van der Waals surface area contributed by atoms with E-state index in [1.807, 2.05) is 18.2 Å². The Bertz CT molecular complexity index is 649. The third-order valence-corrected chi connectivity index (χ3v) is 4.34. The van der Waals surface area contributed by atoms with E-state index in [9.17, 15) is 9.59 Å². The van der Waals surface area contributed by atoms with Crippen molar-refractivity contribution < 1.29 is 19.1 Å². The van der Waals surface area contributed by atoms with Gasteiger partial charge in [-0.15, -0.1) is 12.4 Å². The number of nitrogens with zero attached hydrogens (tertiary/aromatic N) is 1. The molecule has 7 heteroatoms. The lowest BCUT2D eigenvalue weighted by atomic mass is 10.0. The fourth-order valence-corrected chi connectivity index (χ4v) is 3.10. The van der Waals surface area contributed by atoms with Crippen LogP contribution in [-0.2, 0) is 27.4 Å². The topological polar surface area (TPSA) is 67.9 Å². The van der Waals surface area contributed by atoms with Gasteiger partial charge in [0.25, 0.3) is 0 Å². The van der Waals surface area contributed by atoms with Crippen LogP contribution in [0.25, 0.3) is 6.08 Å². The van der Waals surface area contributed by atoms with Gasteiger partial charge in [0.15, 0.2) is 0 Å². The molecule has 2 aliphatic heterocycles. The molecule has 0 bridgehead atoms. The Morgan fingerprint density at radius 1 is 1.38 bits per heavy atom. The standard InChI is InChI=1S/C17H20N2O4.ClH/c1-3-11-5-4-6-12-9-19(10-14(11)12)17(21)23-13-7-15(18-8-13)16(20)22-2;/h3-6,13,15,18H,1,7-10H2,2H3;1H/t13-,15+;/m1./s1. The molecule has 1 aromatic carbocycles. The van der Waals surface area contributed by atoms with Gasteiger partial charge >= 0.3 is 12.1 Å². The van der Waals surface area contributed by atoms with E-state index in [2.05, 4.69) is 11.9 Å². The van der Waals surface area contributed by atoms with Gasteiger partial charge in [-0.05, 0) is 16.7 Å². The van der Waals surface area contributed by atoms with Crippen molar-refractivity contribution in [1.29, 1.82) is 0 Å². The number of nitrogens with one attached hydrogen (secondary N) is 1. The number of carbonyl (C=O) groups excluding carboxylic acids is 2. The van der Waals surface area contributed by atoms with Crippen LogP contribution in [0.2, 0.25) is 0 Å². The molecule has 24 heavy (non-hydrogen) atoms. The average molecular weight is 353 g/mol. The van der Waals surface area contributed by atoms with E-state index in [-0.39, 0.29) is 30.6 Å². The highest BCUT2D eigenvalue weighted by Gasteiger charge is 2.34. The minimum Gasteiger partial charge on any atom is -0.468 e. The lowest BCUT2D eigenvalue weighted by Crippen LogP contribution is -2.31. The number of benzene rings is 1. The molecule has 2 aliphatic rings. The number of halogens is 1. The SMILES string of the molecule is C=Cc1cccc2c1CN(C(=O)O[C@H]1CN[C@H](C(=O)OC)C1)C2.Cl. The highest BCUT2D eigenvalue weighted by Crippen LogP contribution is 2.27. The Morgan fingerprint density at radius 2 is 2.17 bits per heavy atom. The second kappa shape index (κ2) is 7.68. The minimum atomic E-state index is -0.402. The van der Waals surface area contributed by atoms with Gasteiger partial charge in [-0.1, -0.05) is 30.9 Å². The maximum absolute atomic E-state index is 12.3. The number of ether oxygens (including phenoxy) is 2. The van der Waals surface area contributed by atoms with Crippen LogP contribution in [0.5, 0.6) is 0 Å². The van der Waals surface area contributed by atoms with Gasteiger partial charge in [-0.3, -0.25) is 9.69 Å². The van der Waals surface area contributed by atoms with Crippen LogP contribution in [0.15, 0.2) is 24.8 Å². The van der Waals surface area contributed by atoms with Gasteiger partial charge in [0.1, 0.15) is 12.1 Å². The van der Waals surface area contributed by atoms with Crippen LogP contribution in [0.3, 0.4) is 0 Å². The lowest BCUT2D eigenvalue weighted by molar-refractivity contribution is -0.142. The predicted octanol–water partition coefficient (Wildman–Crippen LogP) is 2.11. The van der Waals surface area contributed by atoms with Crippen molar-refractivity contribution in [3.8, 4) is 0 Å². The van der Waals surface area contributed by atoms with Crippen LogP contribution in [0, 0.1) is 0 Å². The normalized spacial score (nSPS) is 21.6. The first-order valence-corrected chi connectivity index (χ1v) is 7.62. The Hall–Kier alpha value is -2.05. The third-order valence-electron chi connectivity index (χ3n) is 4.34. The fraction of sp³-hybridized carbons (Fsp3) is 0.412. The molecule has 1 amide bonds. The Morgan fingerprint density at radius 3 is 2.88 bits per heavy atom. The molecule has 0 saturated carbocycles. The first-order chi connectivity index (χ1) is 11.1.